The number of fused-ring (bicyclic) bond motifs is 4. The van der Waals surface area contributed by atoms with Gasteiger partial charge in [-0.1, -0.05) is 96.1 Å². The van der Waals surface area contributed by atoms with Crippen molar-refractivity contribution in [3.8, 4) is 0 Å². The molecule has 1 fully saturated rings. The lowest BCUT2D eigenvalue weighted by molar-refractivity contribution is -0.185. The Hall–Kier alpha value is -0.830. The summed E-state index contributed by atoms with van der Waals surface area (Å²) in [6, 6.07) is 5.64. The van der Waals surface area contributed by atoms with Crippen molar-refractivity contribution in [1.82, 2.24) is 4.90 Å². The van der Waals surface area contributed by atoms with E-state index in [0.29, 0.717) is 6.42 Å². The largest absolute Gasteiger partial charge is 0.453 e. The number of rotatable bonds is 7. The van der Waals surface area contributed by atoms with E-state index >= 15 is 0 Å². The van der Waals surface area contributed by atoms with E-state index in [1.165, 1.54) is 32.8 Å². The Labute approximate surface area is 188 Å². The molecule has 2 heterocycles. The Kier molecular flexibility index (Phi) is 7.64. The smallest absolute Gasteiger partial charge is 0.412 e. The molecular weight excluding hydrogens is 537 g/mol. The van der Waals surface area contributed by atoms with Gasteiger partial charge in [0.05, 0.1) is 23.0 Å². The van der Waals surface area contributed by atoms with Gasteiger partial charge in [0.25, 0.3) is 0 Å². The maximum Gasteiger partial charge on any atom is 0.412 e. The first-order valence-electron chi connectivity index (χ1n) is 10.00. The van der Waals surface area contributed by atoms with Crippen molar-refractivity contribution in [2.24, 2.45) is 5.92 Å². The minimum Gasteiger partial charge on any atom is -0.453 e. The third-order valence-corrected chi connectivity index (χ3v) is 7.61. The summed E-state index contributed by atoms with van der Waals surface area (Å²) < 4.78 is 11.7. The van der Waals surface area contributed by atoms with Crippen molar-refractivity contribution in [1.29, 1.82) is 0 Å². The summed E-state index contributed by atoms with van der Waals surface area (Å²) in [4.78, 5) is 27.1. The SMILES string of the molecule is CCCCCCCC[C@@H]1C(=O)O[C@H]2[C@@H](I)c3c(Br)cccc3[C@@H]1N2C(=O)OC. The number of unbranched alkanes of at least 4 members (excludes halogenated alkanes) is 5. The maximum atomic E-state index is 12.9. The van der Waals surface area contributed by atoms with Crippen LogP contribution in [-0.4, -0.2) is 30.3 Å². The predicted octanol–water partition coefficient (Wildman–Crippen LogP) is 6.30. The van der Waals surface area contributed by atoms with E-state index in [2.05, 4.69) is 45.4 Å². The number of ether oxygens (including phenoxy) is 2. The van der Waals surface area contributed by atoms with Crippen molar-refractivity contribution < 1.29 is 19.1 Å². The second-order valence-corrected chi connectivity index (χ2v) is 9.65. The molecule has 1 saturated heterocycles. The number of amides is 1. The summed E-state index contributed by atoms with van der Waals surface area (Å²) in [6.45, 7) is 2.20. The normalized spacial score (nSPS) is 25.9. The standard InChI is InChI=1S/C21H27BrINO4/c1-3-4-5-6-7-8-10-14-18-13-11-9-12-15(22)16(13)17(23)19(28-20(14)25)24(18)21(26)27-2/h9,11-12,14,17-19H,3-8,10H2,1-2H3/t14-,17-,18-,19-/m0/s1. The van der Waals surface area contributed by atoms with Crippen molar-refractivity contribution in [3.05, 3.63) is 33.8 Å². The van der Waals surface area contributed by atoms with Crippen molar-refractivity contribution in [2.45, 2.75) is 68.1 Å². The number of nitrogens with zero attached hydrogens (tertiary/aromatic N) is 1. The number of hydrogen-bond acceptors (Lipinski definition) is 4. The molecule has 0 aromatic heterocycles. The molecular formula is C21H27BrINO4. The molecule has 2 aliphatic heterocycles. The molecule has 1 aromatic carbocycles. The number of halogens is 2. The molecule has 0 unspecified atom stereocenters. The van der Waals surface area contributed by atoms with Gasteiger partial charge in [-0.25, -0.2) is 4.79 Å². The summed E-state index contributed by atoms with van der Waals surface area (Å²) in [7, 11) is 1.38. The monoisotopic (exact) mass is 563 g/mol. The molecule has 0 N–H and O–H groups in total. The average Bonchev–Trinajstić information content (AvgIpc) is 2.69. The zero-order chi connectivity index (χ0) is 20.3. The fourth-order valence-corrected chi connectivity index (χ4v) is 6.54. The van der Waals surface area contributed by atoms with Crippen LogP contribution in [0.5, 0.6) is 0 Å². The highest BCUT2D eigenvalue weighted by Gasteiger charge is 2.54. The number of methoxy groups -OCH3 is 1. The third-order valence-electron chi connectivity index (χ3n) is 5.68. The van der Waals surface area contributed by atoms with Gasteiger partial charge < -0.3 is 9.47 Å². The van der Waals surface area contributed by atoms with E-state index in [0.717, 1.165) is 28.4 Å². The predicted molar refractivity (Wildman–Crippen MR) is 119 cm³/mol. The van der Waals surface area contributed by atoms with E-state index in [1.54, 1.807) is 4.90 Å². The highest BCUT2D eigenvalue weighted by molar-refractivity contribution is 14.1. The van der Waals surface area contributed by atoms with Crippen LogP contribution in [-0.2, 0) is 14.3 Å². The molecule has 0 aliphatic carbocycles. The van der Waals surface area contributed by atoms with Crippen molar-refractivity contribution in [2.75, 3.05) is 7.11 Å². The Balaban J connectivity index is 1.88. The number of carbonyl (C=O) groups is 2. The van der Waals surface area contributed by atoms with Crippen LogP contribution in [0.2, 0.25) is 0 Å². The summed E-state index contributed by atoms with van der Waals surface area (Å²) in [5.41, 5.74) is 2.13. The molecule has 2 aliphatic rings. The molecule has 1 amide bonds. The first-order valence-corrected chi connectivity index (χ1v) is 12.0. The number of alkyl halides is 1. The number of carbonyl (C=O) groups excluding carboxylic acids is 2. The van der Waals surface area contributed by atoms with Crippen LogP contribution in [0, 0.1) is 5.92 Å². The quantitative estimate of drug-likeness (QED) is 0.169. The van der Waals surface area contributed by atoms with Crippen molar-refractivity contribution in [3.63, 3.8) is 0 Å². The molecule has 5 nitrogen and oxygen atoms in total. The van der Waals surface area contributed by atoms with E-state index < -0.39 is 12.3 Å². The summed E-state index contributed by atoms with van der Waals surface area (Å²) in [5.74, 6) is -0.561. The highest BCUT2D eigenvalue weighted by atomic mass is 127. The second-order valence-electron chi connectivity index (χ2n) is 7.46. The van der Waals surface area contributed by atoms with E-state index in [9.17, 15) is 9.59 Å². The molecule has 28 heavy (non-hydrogen) atoms. The molecule has 2 bridgehead atoms. The van der Waals surface area contributed by atoms with Gasteiger partial charge >= 0.3 is 12.1 Å². The van der Waals surface area contributed by atoms with Crippen LogP contribution in [0.3, 0.4) is 0 Å². The molecule has 154 valence electrons. The lowest BCUT2D eigenvalue weighted by atomic mass is 9.80. The molecule has 0 spiro atoms. The highest BCUT2D eigenvalue weighted by Crippen LogP contribution is 2.53. The van der Waals surface area contributed by atoms with Gasteiger partial charge in [-0.2, -0.15) is 0 Å². The zero-order valence-corrected chi connectivity index (χ0v) is 20.1. The Morgan fingerprint density at radius 2 is 1.96 bits per heavy atom. The minimum absolute atomic E-state index is 0.155. The third kappa shape index (κ3) is 4.20. The van der Waals surface area contributed by atoms with Crippen molar-refractivity contribution >= 4 is 50.6 Å². The first-order chi connectivity index (χ1) is 13.5. The summed E-state index contributed by atoms with van der Waals surface area (Å²) in [6.07, 6.45) is 6.57. The lowest BCUT2D eigenvalue weighted by Gasteiger charge is -2.50. The lowest BCUT2D eigenvalue weighted by Crippen LogP contribution is -2.58. The molecule has 4 atom stereocenters. The minimum atomic E-state index is -0.641. The van der Waals surface area contributed by atoms with Crippen LogP contribution in [0.15, 0.2) is 22.7 Å². The van der Waals surface area contributed by atoms with Gasteiger partial charge in [0, 0.05) is 4.47 Å². The Morgan fingerprint density at radius 1 is 1.25 bits per heavy atom. The van der Waals surface area contributed by atoms with Crippen LogP contribution >= 0.6 is 38.5 Å². The van der Waals surface area contributed by atoms with Crippen LogP contribution in [0.25, 0.3) is 0 Å². The fourth-order valence-electron chi connectivity index (χ4n) is 4.30. The summed E-state index contributed by atoms with van der Waals surface area (Å²) in [5, 5.41) is 0. The van der Waals surface area contributed by atoms with E-state index in [4.69, 9.17) is 9.47 Å². The van der Waals surface area contributed by atoms with Gasteiger partial charge in [0.1, 0.15) is 0 Å². The zero-order valence-electron chi connectivity index (χ0n) is 16.3. The Morgan fingerprint density at radius 3 is 2.68 bits per heavy atom. The molecule has 7 heteroatoms. The van der Waals surface area contributed by atoms with E-state index in [1.807, 2.05) is 18.2 Å². The Bertz CT molecular complexity index is 728. The molecule has 3 rings (SSSR count). The number of benzene rings is 1. The summed E-state index contributed by atoms with van der Waals surface area (Å²) >= 11 is 5.90. The number of hydrogen-bond donors (Lipinski definition) is 0. The van der Waals surface area contributed by atoms with Gasteiger partial charge in [0.2, 0.25) is 0 Å². The fraction of sp³-hybridized carbons (Fsp3) is 0.619. The van der Waals surface area contributed by atoms with Crippen LogP contribution < -0.4 is 0 Å². The topological polar surface area (TPSA) is 55.8 Å². The van der Waals surface area contributed by atoms with Gasteiger partial charge in [-0.15, -0.1) is 0 Å². The van der Waals surface area contributed by atoms with Gasteiger partial charge in [0.15, 0.2) is 6.23 Å². The number of esters is 1. The first kappa shape index (κ1) is 21.9. The molecule has 0 radical (unpaired) electrons. The molecule has 0 saturated carbocycles. The van der Waals surface area contributed by atoms with Gasteiger partial charge in [-0.3, -0.25) is 9.69 Å². The van der Waals surface area contributed by atoms with Crippen LogP contribution in [0.4, 0.5) is 4.79 Å². The van der Waals surface area contributed by atoms with Crippen LogP contribution in [0.1, 0.15) is 73.0 Å². The molecule has 1 aromatic rings. The van der Waals surface area contributed by atoms with E-state index in [-0.39, 0.29) is 21.9 Å². The van der Waals surface area contributed by atoms with Gasteiger partial charge in [-0.05, 0) is 23.6 Å². The second kappa shape index (κ2) is 9.78. The average molecular weight is 564 g/mol. The maximum absolute atomic E-state index is 12.9.